The zero-order valence-electron chi connectivity index (χ0n) is 17.1. The standard InChI is InChI=1S/C21H30N4O3S/c1-2-3-14-29(27,28)24-11-6-17(7-12-24)18-8-13-25-20(15-18)19(16-22-25)21(26)23-9-4-5-10-23/h8,13,15-17H,2-7,9-12,14H2,1H3. The van der Waals surface area contributed by atoms with Crippen LogP contribution < -0.4 is 0 Å². The molecule has 7 nitrogen and oxygen atoms in total. The summed E-state index contributed by atoms with van der Waals surface area (Å²) < 4.78 is 28.3. The molecule has 0 radical (unpaired) electrons. The highest BCUT2D eigenvalue weighted by Gasteiger charge is 2.29. The van der Waals surface area contributed by atoms with E-state index in [1.165, 1.54) is 5.56 Å². The second-order valence-corrected chi connectivity index (χ2v) is 10.3. The maximum absolute atomic E-state index is 12.8. The van der Waals surface area contributed by atoms with Crippen LogP contribution in [0.3, 0.4) is 0 Å². The third kappa shape index (κ3) is 4.19. The Balaban J connectivity index is 1.49. The number of aromatic nitrogens is 2. The molecule has 0 unspecified atom stereocenters. The first-order valence-electron chi connectivity index (χ1n) is 10.7. The monoisotopic (exact) mass is 418 g/mol. The van der Waals surface area contributed by atoms with Crippen molar-refractivity contribution in [3.8, 4) is 0 Å². The van der Waals surface area contributed by atoms with Crippen LogP contribution in [0.4, 0.5) is 0 Å². The van der Waals surface area contributed by atoms with Crippen LogP contribution in [0.25, 0.3) is 5.52 Å². The number of fused-ring (bicyclic) bond motifs is 1. The van der Waals surface area contributed by atoms with Gasteiger partial charge in [-0.1, -0.05) is 13.3 Å². The summed E-state index contributed by atoms with van der Waals surface area (Å²) in [5.74, 6) is 0.617. The summed E-state index contributed by atoms with van der Waals surface area (Å²) in [6.45, 7) is 4.79. The molecule has 158 valence electrons. The second-order valence-electron chi connectivity index (χ2n) is 8.19. The third-order valence-corrected chi connectivity index (χ3v) is 8.20. The number of hydrogen-bond donors (Lipinski definition) is 0. The van der Waals surface area contributed by atoms with Crippen LogP contribution in [0.1, 0.15) is 67.3 Å². The minimum atomic E-state index is -3.14. The first-order valence-corrected chi connectivity index (χ1v) is 12.3. The molecule has 0 aromatic carbocycles. The molecule has 2 aliphatic heterocycles. The highest BCUT2D eigenvalue weighted by Crippen LogP contribution is 2.31. The van der Waals surface area contributed by atoms with Crippen molar-refractivity contribution in [2.75, 3.05) is 31.9 Å². The number of carbonyl (C=O) groups is 1. The Morgan fingerprint density at radius 3 is 2.59 bits per heavy atom. The molecule has 29 heavy (non-hydrogen) atoms. The molecule has 0 aliphatic carbocycles. The van der Waals surface area contributed by atoms with Gasteiger partial charge in [-0.25, -0.2) is 17.2 Å². The van der Waals surface area contributed by atoms with Gasteiger partial charge in [-0.3, -0.25) is 4.79 Å². The minimum absolute atomic E-state index is 0.0616. The lowest BCUT2D eigenvalue weighted by molar-refractivity contribution is 0.0794. The van der Waals surface area contributed by atoms with Crippen LogP contribution in [0, 0.1) is 0 Å². The van der Waals surface area contributed by atoms with E-state index in [4.69, 9.17) is 0 Å². The molecule has 0 bridgehead atoms. The Hall–Kier alpha value is -1.93. The van der Waals surface area contributed by atoms with Gasteiger partial charge in [-0.15, -0.1) is 0 Å². The molecule has 8 heteroatoms. The number of rotatable bonds is 6. The molecular weight excluding hydrogens is 388 g/mol. The number of likely N-dealkylation sites (tertiary alicyclic amines) is 1. The van der Waals surface area contributed by atoms with E-state index in [0.717, 1.165) is 50.7 Å². The van der Waals surface area contributed by atoms with Gasteiger partial charge in [0.25, 0.3) is 5.91 Å². The van der Waals surface area contributed by atoms with Crippen molar-refractivity contribution < 1.29 is 13.2 Å². The molecule has 0 N–H and O–H groups in total. The molecule has 4 rings (SSSR count). The number of piperidine rings is 1. The number of hydrogen-bond acceptors (Lipinski definition) is 4. The van der Waals surface area contributed by atoms with Gasteiger partial charge in [0.15, 0.2) is 0 Å². The largest absolute Gasteiger partial charge is 0.339 e. The van der Waals surface area contributed by atoms with Crippen molar-refractivity contribution in [2.45, 2.75) is 51.4 Å². The average Bonchev–Trinajstić information content (AvgIpc) is 3.41. The molecule has 2 aromatic rings. The van der Waals surface area contributed by atoms with E-state index in [1.54, 1.807) is 15.0 Å². The SMILES string of the molecule is CCCCS(=O)(=O)N1CCC(c2ccn3ncc(C(=O)N4CCCC4)c3c2)CC1. The lowest BCUT2D eigenvalue weighted by Gasteiger charge is -2.31. The maximum Gasteiger partial charge on any atom is 0.257 e. The highest BCUT2D eigenvalue weighted by atomic mass is 32.2. The van der Waals surface area contributed by atoms with Crippen molar-refractivity contribution in [1.82, 2.24) is 18.8 Å². The van der Waals surface area contributed by atoms with E-state index in [2.05, 4.69) is 17.2 Å². The van der Waals surface area contributed by atoms with Gasteiger partial charge in [0, 0.05) is 32.4 Å². The van der Waals surface area contributed by atoms with Crippen molar-refractivity contribution in [3.05, 3.63) is 35.7 Å². The zero-order chi connectivity index (χ0) is 20.4. The number of carbonyl (C=O) groups excluding carboxylic acids is 1. The maximum atomic E-state index is 12.8. The molecule has 2 aliphatic rings. The van der Waals surface area contributed by atoms with Gasteiger partial charge in [0.05, 0.1) is 23.0 Å². The van der Waals surface area contributed by atoms with Crippen LogP contribution in [-0.2, 0) is 10.0 Å². The summed E-state index contributed by atoms with van der Waals surface area (Å²) in [6, 6.07) is 4.12. The molecule has 0 atom stereocenters. The summed E-state index contributed by atoms with van der Waals surface area (Å²) in [6.07, 6.45) is 8.94. The molecule has 2 aromatic heterocycles. The number of unbranched alkanes of at least 4 members (excludes halogenated alkanes) is 1. The van der Waals surface area contributed by atoms with Crippen molar-refractivity contribution in [1.29, 1.82) is 0 Å². The van der Waals surface area contributed by atoms with E-state index in [0.29, 0.717) is 31.0 Å². The summed E-state index contributed by atoms with van der Waals surface area (Å²) in [5.41, 5.74) is 2.67. The average molecular weight is 419 g/mol. The van der Waals surface area contributed by atoms with Gasteiger partial charge in [-0.05, 0) is 55.7 Å². The number of amides is 1. The number of sulfonamides is 1. The van der Waals surface area contributed by atoms with Crippen LogP contribution in [0.2, 0.25) is 0 Å². The molecule has 0 saturated carbocycles. The van der Waals surface area contributed by atoms with Crippen molar-refractivity contribution in [2.24, 2.45) is 0 Å². The summed E-state index contributed by atoms with van der Waals surface area (Å²) >= 11 is 0. The van der Waals surface area contributed by atoms with E-state index >= 15 is 0 Å². The van der Waals surface area contributed by atoms with Gasteiger partial charge < -0.3 is 4.90 Å². The number of nitrogens with zero attached hydrogens (tertiary/aromatic N) is 4. The predicted molar refractivity (Wildman–Crippen MR) is 113 cm³/mol. The molecule has 4 heterocycles. The van der Waals surface area contributed by atoms with E-state index < -0.39 is 10.0 Å². The summed E-state index contributed by atoms with van der Waals surface area (Å²) in [5, 5.41) is 4.35. The Labute approximate surface area is 172 Å². The Bertz CT molecular complexity index is 971. The molecule has 2 saturated heterocycles. The lowest BCUT2D eigenvalue weighted by Crippen LogP contribution is -2.39. The minimum Gasteiger partial charge on any atom is -0.339 e. The fourth-order valence-corrected chi connectivity index (χ4v) is 6.11. The summed E-state index contributed by atoms with van der Waals surface area (Å²) in [4.78, 5) is 14.8. The Morgan fingerprint density at radius 1 is 1.17 bits per heavy atom. The molecule has 0 spiro atoms. The van der Waals surface area contributed by atoms with Crippen molar-refractivity contribution in [3.63, 3.8) is 0 Å². The van der Waals surface area contributed by atoms with Gasteiger partial charge in [0.1, 0.15) is 0 Å². The third-order valence-electron chi connectivity index (χ3n) is 6.24. The van der Waals surface area contributed by atoms with Gasteiger partial charge >= 0.3 is 0 Å². The quantitative estimate of drug-likeness (QED) is 0.723. The molecule has 2 fully saturated rings. The van der Waals surface area contributed by atoms with E-state index in [-0.39, 0.29) is 11.7 Å². The second kappa shape index (κ2) is 8.44. The zero-order valence-corrected chi connectivity index (χ0v) is 17.9. The molecular formula is C21H30N4O3S. The Morgan fingerprint density at radius 2 is 1.90 bits per heavy atom. The Kier molecular flexibility index (Phi) is 5.92. The van der Waals surface area contributed by atoms with Crippen LogP contribution in [0.5, 0.6) is 0 Å². The fourth-order valence-electron chi connectivity index (χ4n) is 4.43. The normalized spacial score (nSPS) is 19.3. The van der Waals surface area contributed by atoms with Crippen molar-refractivity contribution >= 4 is 21.4 Å². The van der Waals surface area contributed by atoms with Crippen LogP contribution >= 0.6 is 0 Å². The lowest BCUT2D eigenvalue weighted by atomic mass is 9.90. The highest BCUT2D eigenvalue weighted by molar-refractivity contribution is 7.89. The fraction of sp³-hybridized carbons (Fsp3) is 0.619. The first-order chi connectivity index (χ1) is 14.0. The first kappa shape index (κ1) is 20.3. The molecule has 1 amide bonds. The van der Waals surface area contributed by atoms with E-state index in [9.17, 15) is 13.2 Å². The summed E-state index contributed by atoms with van der Waals surface area (Å²) in [7, 11) is -3.14. The van der Waals surface area contributed by atoms with Crippen LogP contribution in [0.15, 0.2) is 24.5 Å². The van der Waals surface area contributed by atoms with Gasteiger partial charge in [0.2, 0.25) is 10.0 Å². The van der Waals surface area contributed by atoms with E-state index in [1.807, 2.05) is 18.0 Å². The van der Waals surface area contributed by atoms with Crippen LogP contribution in [-0.4, -0.2) is 65.1 Å². The van der Waals surface area contributed by atoms with Gasteiger partial charge in [-0.2, -0.15) is 5.10 Å². The predicted octanol–water partition coefficient (Wildman–Crippen LogP) is 2.88. The smallest absolute Gasteiger partial charge is 0.257 e. The topological polar surface area (TPSA) is 75.0 Å². The number of pyridine rings is 1.